The number of halogens is 5. The summed E-state index contributed by atoms with van der Waals surface area (Å²) < 4.78 is 81.6. The summed E-state index contributed by atoms with van der Waals surface area (Å²) >= 11 is 0. The highest BCUT2D eigenvalue weighted by atomic mass is 19.2. The van der Waals surface area contributed by atoms with Gasteiger partial charge in [0.05, 0.1) is 0 Å². The van der Waals surface area contributed by atoms with Crippen molar-refractivity contribution in [3.8, 4) is 16.9 Å². The predicted molar refractivity (Wildman–Crippen MR) is 205 cm³/mol. The van der Waals surface area contributed by atoms with E-state index in [4.69, 9.17) is 9.47 Å². The van der Waals surface area contributed by atoms with Crippen molar-refractivity contribution in [1.82, 2.24) is 10.6 Å². The lowest BCUT2D eigenvalue weighted by Gasteiger charge is -2.37. The molecule has 7 nitrogen and oxygen atoms in total. The van der Waals surface area contributed by atoms with Crippen LogP contribution in [0.2, 0.25) is 0 Å². The molecule has 58 heavy (non-hydrogen) atoms. The van der Waals surface area contributed by atoms with Gasteiger partial charge in [0.1, 0.15) is 18.2 Å². The van der Waals surface area contributed by atoms with Gasteiger partial charge in [-0.3, -0.25) is 4.79 Å². The van der Waals surface area contributed by atoms with E-state index >= 15 is 0 Å². The summed E-state index contributed by atoms with van der Waals surface area (Å²) in [6.07, 6.45) is -2.20. The lowest BCUT2D eigenvalue weighted by Crippen LogP contribution is -2.49. The van der Waals surface area contributed by atoms with Gasteiger partial charge in [0.2, 0.25) is 40.7 Å². The van der Waals surface area contributed by atoms with Crippen molar-refractivity contribution in [3.63, 3.8) is 0 Å². The maximum Gasteiger partial charge on any atom is 0.407 e. The molecular weight excluding hydrogens is 756 g/mol. The van der Waals surface area contributed by atoms with Crippen molar-refractivity contribution < 1.29 is 45.8 Å². The Morgan fingerprint density at radius 1 is 0.621 bits per heavy atom. The summed E-state index contributed by atoms with van der Waals surface area (Å²) in [7, 11) is 0. The van der Waals surface area contributed by atoms with Crippen molar-refractivity contribution in [2.24, 2.45) is 0 Å². The number of amides is 2. The van der Waals surface area contributed by atoms with Crippen LogP contribution in [-0.2, 0) is 19.9 Å². The quantitative estimate of drug-likeness (QED) is 0.0322. The van der Waals surface area contributed by atoms with Crippen LogP contribution in [0.4, 0.5) is 26.7 Å². The normalized spacial score (nSPS) is 12.6. The molecule has 6 aromatic carbocycles. The van der Waals surface area contributed by atoms with E-state index in [1.807, 2.05) is 140 Å². The third kappa shape index (κ3) is 7.65. The third-order valence-electron chi connectivity index (χ3n) is 10.2. The molecule has 1 aliphatic carbocycles. The van der Waals surface area contributed by atoms with Gasteiger partial charge < -0.3 is 20.1 Å². The highest BCUT2D eigenvalue weighted by Gasteiger charge is 2.39. The molecule has 0 unspecified atom stereocenters. The summed E-state index contributed by atoms with van der Waals surface area (Å²) in [5, 5.41) is 5.41. The molecule has 0 radical (unpaired) electrons. The van der Waals surface area contributed by atoms with Gasteiger partial charge in [0.15, 0.2) is 0 Å². The molecule has 0 aromatic heterocycles. The fraction of sp³-hybridized carbons (Fsp3) is 0.152. The summed E-state index contributed by atoms with van der Waals surface area (Å²) in [6.45, 7) is 1.73. The smallest absolute Gasteiger partial charge is 0.407 e. The van der Waals surface area contributed by atoms with E-state index in [-0.39, 0.29) is 12.5 Å². The lowest BCUT2D eigenvalue weighted by atomic mass is 9.76. The Bertz CT molecular complexity index is 2370. The lowest BCUT2D eigenvalue weighted by molar-refractivity contribution is -0.137. The number of rotatable bonds is 12. The number of carbonyl (C=O) groups is 3. The minimum atomic E-state index is -2.45. The zero-order valence-corrected chi connectivity index (χ0v) is 30.9. The first kappa shape index (κ1) is 39.4. The number of alkyl carbamates (subject to hydrolysis) is 1. The topological polar surface area (TPSA) is 93.7 Å². The summed E-state index contributed by atoms with van der Waals surface area (Å²) in [5.41, 5.74) is 5.48. The van der Waals surface area contributed by atoms with E-state index in [0.717, 1.165) is 27.8 Å². The molecule has 0 fully saturated rings. The molecule has 1 aliphatic rings. The number of esters is 1. The van der Waals surface area contributed by atoms with Crippen LogP contribution in [0.1, 0.15) is 52.1 Å². The molecule has 2 amide bonds. The second-order valence-corrected chi connectivity index (χ2v) is 13.8. The van der Waals surface area contributed by atoms with E-state index in [1.165, 1.54) is 0 Å². The number of benzene rings is 6. The maximum atomic E-state index is 14.7. The predicted octanol–water partition coefficient (Wildman–Crippen LogP) is 9.39. The maximum absolute atomic E-state index is 14.7. The summed E-state index contributed by atoms with van der Waals surface area (Å²) in [4.78, 5) is 41.0. The number of aryl methyl sites for hydroxylation is 1. The van der Waals surface area contributed by atoms with E-state index in [2.05, 4.69) is 10.6 Å². The first-order valence-corrected chi connectivity index (χ1v) is 18.3. The van der Waals surface area contributed by atoms with E-state index in [0.29, 0.717) is 16.7 Å². The SMILES string of the molecule is Cc1ccc(C(NC(=O)CC[C@H](NC(=O)OCC2c3ccccc3-c3ccccc32)C(=O)Oc2c(F)c(F)c(F)c(F)c2F)(c2ccccc2)c2ccccc2)cc1. The number of carbonyl (C=O) groups excluding carboxylic acids is 3. The van der Waals surface area contributed by atoms with Crippen molar-refractivity contribution in [2.45, 2.75) is 37.3 Å². The number of fused-ring (bicyclic) bond motifs is 3. The van der Waals surface area contributed by atoms with Crippen molar-refractivity contribution in [2.75, 3.05) is 6.61 Å². The van der Waals surface area contributed by atoms with Crippen LogP contribution in [0.25, 0.3) is 11.1 Å². The number of hydrogen-bond acceptors (Lipinski definition) is 5. The fourth-order valence-corrected chi connectivity index (χ4v) is 7.32. The van der Waals surface area contributed by atoms with Crippen LogP contribution in [0.15, 0.2) is 133 Å². The largest absolute Gasteiger partial charge is 0.449 e. The molecule has 0 bridgehead atoms. The molecule has 1 atom stereocenters. The van der Waals surface area contributed by atoms with Crippen LogP contribution in [0.5, 0.6) is 5.75 Å². The molecule has 294 valence electrons. The van der Waals surface area contributed by atoms with Gasteiger partial charge in [0.25, 0.3) is 0 Å². The second kappa shape index (κ2) is 16.7. The Labute approximate surface area is 330 Å². The minimum Gasteiger partial charge on any atom is -0.449 e. The van der Waals surface area contributed by atoms with E-state index in [9.17, 15) is 36.3 Å². The third-order valence-corrected chi connectivity index (χ3v) is 10.2. The fourth-order valence-electron chi connectivity index (χ4n) is 7.32. The van der Waals surface area contributed by atoms with Crippen LogP contribution >= 0.6 is 0 Å². The van der Waals surface area contributed by atoms with Gasteiger partial charge in [-0.05, 0) is 52.3 Å². The van der Waals surface area contributed by atoms with Gasteiger partial charge >= 0.3 is 12.1 Å². The van der Waals surface area contributed by atoms with Gasteiger partial charge in [0, 0.05) is 12.3 Å². The van der Waals surface area contributed by atoms with Crippen LogP contribution in [0.3, 0.4) is 0 Å². The number of hydrogen-bond donors (Lipinski definition) is 2. The van der Waals surface area contributed by atoms with E-state index in [1.54, 1.807) is 0 Å². The zero-order chi connectivity index (χ0) is 41.0. The van der Waals surface area contributed by atoms with Gasteiger partial charge in [-0.15, -0.1) is 0 Å². The Morgan fingerprint density at radius 2 is 1.09 bits per heavy atom. The summed E-state index contributed by atoms with van der Waals surface area (Å²) in [6, 6.07) is 39.1. The van der Waals surface area contributed by atoms with Crippen LogP contribution < -0.4 is 15.4 Å². The number of ether oxygens (including phenoxy) is 2. The number of nitrogens with one attached hydrogen (secondary N) is 2. The van der Waals surface area contributed by atoms with Gasteiger partial charge in [-0.1, -0.05) is 139 Å². The van der Waals surface area contributed by atoms with Gasteiger partial charge in [-0.25, -0.2) is 22.8 Å². The molecular formula is C46H35F5N2O5. The Hall–Kier alpha value is -6.82. The first-order chi connectivity index (χ1) is 28.0. The Morgan fingerprint density at radius 3 is 1.62 bits per heavy atom. The molecule has 6 aromatic rings. The molecule has 0 heterocycles. The van der Waals surface area contributed by atoms with Crippen molar-refractivity contribution in [3.05, 3.63) is 196 Å². The molecule has 12 heteroatoms. The summed E-state index contributed by atoms with van der Waals surface area (Å²) in [5.74, 6) is -16.4. The zero-order valence-electron chi connectivity index (χ0n) is 30.9. The molecule has 2 N–H and O–H groups in total. The average molecular weight is 791 g/mol. The molecule has 0 spiro atoms. The monoisotopic (exact) mass is 790 g/mol. The molecule has 0 saturated carbocycles. The second-order valence-electron chi connectivity index (χ2n) is 13.8. The van der Waals surface area contributed by atoms with Crippen LogP contribution in [-0.4, -0.2) is 30.6 Å². The average Bonchev–Trinajstić information content (AvgIpc) is 3.57. The standard InChI is InChI=1S/C46H35F5N2O5/c1-27-20-22-30(23-21-27)46(28-12-4-2-5-13-28,29-14-6-3-7-15-29)53-37(54)25-24-36(44(55)58-43-41(50)39(48)38(47)40(49)42(43)51)52-45(56)57-26-35-33-18-10-8-16-31(33)32-17-9-11-19-34(32)35/h2-23,35-36H,24-26H2,1H3,(H,52,56)(H,53,54)/t36-/m0/s1. The van der Waals surface area contributed by atoms with Crippen molar-refractivity contribution in [1.29, 1.82) is 0 Å². The molecule has 7 rings (SSSR count). The van der Waals surface area contributed by atoms with E-state index < -0.39 is 77.2 Å². The highest BCUT2D eigenvalue weighted by molar-refractivity contribution is 5.85. The van der Waals surface area contributed by atoms with Crippen LogP contribution in [0, 0.1) is 36.0 Å². The Kier molecular flexibility index (Phi) is 11.4. The molecule has 0 aliphatic heterocycles. The van der Waals surface area contributed by atoms with Gasteiger partial charge in [-0.2, -0.15) is 8.78 Å². The van der Waals surface area contributed by atoms with Crippen molar-refractivity contribution >= 4 is 18.0 Å². The molecule has 0 saturated heterocycles. The minimum absolute atomic E-state index is 0.188. The Balaban J connectivity index is 1.16. The first-order valence-electron chi connectivity index (χ1n) is 18.3. The highest BCUT2D eigenvalue weighted by Crippen LogP contribution is 2.44.